The highest BCUT2D eigenvalue weighted by Crippen LogP contribution is 2.25. The highest BCUT2D eigenvalue weighted by atomic mass is 19.1. The molecule has 0 aromatic heterocycles. The van der Waals surface area contributed by atoms with Gasteiger partial charge in [-0.15, -0.1) is 0 Å². The topological polar surface area (TPSA) is 24.5 Å². The lowest BCUT2D eigenvalue weighted by molar-refractivity contribution is 0.0853. The van der Waals surface area contributed by atoms with Crippen molar-refractivity contribution in [3.63, 3.8) is 0 Å². The monoisotopic (exact) mass is 294 g/mol. The molecule has 1 N–H and O–H groups in total. The number of anilines is 1. The highest BCUT2D eigenvalue weighted by Gasteiger charge is 2.20. The van der Waals surface area contributed by atoms with E-state index in [4.69, 9.17) is 4.74 Å². The molecule has 0 saturated carbocycles. The van der Waals surface area contributed by atoms with Gasteiger partial charge in [0.05, 0.1) is 5.69 Å². The number of hydrogen-bond acceptors (Lipinski definition) is 3. The molecule has 0 atom stereocenters. The standard InChI is InChI=1S/C17H27FN2O/c1-13(2)11-19-12-14-4-5-17(16(18)10-14)20(3)15-6-8-21-9-7-15/h4-5,10,13,15,19H,6-9,11-12H2,1-3H3. The molecule has 2 rings (SSSR count). The number of nitrogens with zero attached hydrogens (tertiary/aromatic N) is 1. The summed E-state index contributed by atoms with van der Waals surface area (Å²) in [5.41, 5.74) is 1.69. The summed E-state index contributed by atoms with van der Waals surface area (Å²) in [5.74, 6) is 0.474. The molecule has 1 heterocycles. The quantitative estimate of drug-likeness (QED) is 0.872. The van der Waals surface area contributed by atoms with Crippen molar-refractivity contribution in [3.05, 3.63) is 29.6 Å². The lowest BCUT2D eigenvalue weighted by atomic mass is 10.1. The van der Waals surface area contributed by atoms with E-state index in [0.717, 1.165) is 44.7 Å². The van der Waals surface area contributed by atoms with Gasteiger partial charge in [0.1, 0.15) is 5.82 Å². The zero-order chi connectivity index (χ0) is 15.2. The molecule has 0 spiro atoms. The third-order valence-electron chi connectivity index (χ3n) is 4.01. The van der Waals surface area contributed by atoms with E-state index >= 15 is 0 Å². The van der Waals surface area contributed by atoms with Crippen LogP contribution < -0.4 is 10.2 Å². The summed E-state index contributed by atoms with van der Waals surface area (Å²) in [7, 11) is 1.98. The Balaban J connectivity index is 1.97. The molecule has 21 heavy (non-hydrogen) atoms. The van der Waals surface area contributed by atoms with Gasteiger partial charge in [0, 0.05) is 32.8 Å². The minimum Gasteiger partial charge on any atom is -0.381 e. The lowest BCUT2D eigenvalue weighted by Crippen LogP contribution is -2.37. The first kappa shape index (κ1) is 16.2. The van der Waals surface area contributed by atoms with Crippen molar-refractivity contribution in [2.24, 2.45) is 5.92 Å². The van der Waals surface area contributed by atoms with Crippen LogP contribution >= 0.6 is 0 Å². The van der Waals surface area contributed by atoms with E-state index in [-0.39, 0.29) is 5.82 Å². The minimum atomic E-state index is -0.132. The Morgan fingerprint density at radius 2 is 2.05 bits per heavy atom. The normalized spacial score (nSPS) is 16.4. The molecule has 0 unspecified atom stereocenters. The number of ether oxygens (including phenoxy) is 1. The van der Waals surface area contributed by atoms with Crippen molar-refractivity contribution in [1.82, 2.24) is 5.32 Å². The molecule has 4 heteroatoms. The second-order valence-electron chi connectivity index (χ2n) is 6.26. The summed E-state index contributed by atoms with van der Waals surface area (Å²) in [5, 5.41) is 3.34. The van der Waals surface area contributed by atoms with Gasteiger partial charge in [0.25, 0.3) is 0 Å². The Hall–Kier alpha value is -1.13. The first-order valence-electron chi connectivity index (χ1n) is 7.87. The zero-order valence-corrected chi connectivity index (χ0v) is 13.4. The molecule has 1 aromatic carbocycles. The van der Waals surface area contributed by atoms with Crippen LogP contribution in [0.4, 0.5) is 10.1 Å². The van der Waals surface area contributed by atoms with Gasteiger partial charge in [-0.2, -0.15) is 0 Å². The summed E-state index contributed by atoms with van der Waals surface area (Å²) >= 11 is 0. The Kier molecular flexibility index (Phi) is 6.00. The summed E-state index contributed by atoms with van der Waals surface area (Å²) in [6.07, 6.45) is 1.93. The van der Waals surface area contributed by atoms with Crippen LogP contribution in [0.2, 0.25) is 0 Å². The largest absolute Gasteiger partial charge is 0.381 e. The molecular formula is C17H27FN2O. The number of hydrogen-bond donors (Lipinski definition) is 1. The zero-order valence-electron chi connectivity index (χ0n) is 13.4. The van der Waals surface area contributed by atoms with Crippen LogP contribution in [0.15, 0.2) is 18.2 Å². The second-order valence-corrected chi connectivity index (χ2v) is 6.26. The molecule has 3 nitrogen and oxygen atoms in total. The fourth-order valence-electron chi connectivity index (χ4n) is 2.72. The molecule has 1 aliphatic rings. The summed E-state index contributed by atoms with van der Waals surface area (Å²) < 4.78 is 19.7. The average Bonchev–Trinajstić information content (AvgIpc) is 2.47. The van der Waals surface area contributed by atoms with Crippen LogP contribution in [0, 0.1) is 11.7 Å². The Bertz CT molecular complexity index is 444. The minimum absolute atomic E-state index is 0.132. The van der Waals surface area contributed by atoms with E-state index in [1.54, 1.807) is 6.07 Å². The first-order chi connectivity index (χ1) is 10.1. The number of nitrogens with one attached hydrogen (secondary N) is 1. The Morgan fingerprint density at radius 3 is 2.67 bits per heavy atom. The summed E-state index contributed by atoms with van der Waals surface area (Å²) in [4.78, 5) is 2.06. The van der Waals surface area contributed by atoms with Gasteiger partial charge in [-0.3, -0.25) is 0 Å². The van der Waals surface area contributed by atoms with Gasteiger partial charge in [-0.25, -0.2) is 4.39 Å². The molecule has 0 amide bonds. The van der Waals surface area contributed by atoms with Gasteiger partial charge in [0.15, 0.2) is 0 Å². The van der Waals surface area contributed by atoms with Crippen LogP contribution in [0.3, 0.4) is 0 Å². The average molecular weight is 294 g/mol. The molecule has 1 aliphatic heterocycles. The van der Waals surface area contributed by atoms with Gasteiger partial charge < -0.3 is 15.0 Å². The summed E-state index contributed by atoms with van der Waals surface area (Å²) in [6, 6.07) is 5.94. The molecule has 1 fully saturated rings. The maximum absolute atomic E-state index is 14.3. The van der Waals surface area contributed by atoms with Crippen molar-refractivity contribution in [1.29, 1.82) is 0 Å². The van der Waals surface area contributed by atoms with Crippen molar-refractivity contribution in [2.75, 3.05) is 31.7 Å². The third kappa shape index (κ3) is 4.68. The predicted molar refractivity (Wildman–Crippen MR) is 85.2 cm³/mol. The fourth-order valence-corrected chi connectivity index (χ4v) is 2.72. The van der Waals surface area contributed by atoms with Crippen molar-refractivity contribution in [3.8, 4) is 0 Å². The molecular weight excluding hydrogens is 267 g/mol. The molecule has 0 bridgehead atoms. The maximum Gasteiger partial charge on any atom is 0.146 e. The number of benzene rings is 1. The number of halogens is 1. The van der Waals surface area contributed by atoms with Gasteiger partial charge >= 0.3 is 0 Å². The maximum atomic E-state index is 14.3. The van der Waals surface area contributed by atoms with E-state index in [0.29, 0.717) is 17.6 Å². The fraction of sp³-hybridized carbons (Fsp3) is 0.647. The van der Waals surface area contributed by atoms with Crippen LogP contribution in [0.25, 0.3) is 0 Å². The highest BCUT2D eigenvalue weighted by molar-refractivity contribution is 5.49. The molecule has 0 aliphatic carbocycles. The smallest absolute Gasteiger partial charge is 0.146 e. The SMILES string of the molecule is CC(C)CNCc1ccc(N(C)C2CCOCC2)c(F)c1. The second kappa shape index (κ2) is 7.76. The summed E-state index contributed by atoms with van der Waals surface area (Å²) in [6.45, 7) is 7.54. The molecule has 0 radical (unpaired) electrons. The van der Waals surface area contributed by atoms with Crippen LogP contribution in [0.5, 0.6) is 0 Å². The Labute approximate surface area is 127 Å². The van der Waals surface area contributed by atoms with Crippen molar-refractivity contribution >= 4 is 5.69 Å². The van der Waals surface area contributed by atoms with Crippen molar-refractivity contribution in [2.45, 2.75) is 39.3 Å². The van der Waals surface area contributed by atoms with Gasteiger partial charge in [-0.1, -0.05) is 19.9 Å². The molecule has 1 saturated heterocycles. The molecule has 118 valence electrons. The van der Waals surface area contributed by atoms with E-state index in [9.17, 15) is 4.39 Å². The first-order valence-corrected chi connectivity index (χ1v) is 7.87. The molecule has 1 aromatic rings. The van der Waals surface area contributed by atoms with E-state index < -0.39 is 0 Å². The van der Waals surface area contributed by atoms with Crippen LogP contribution in [-0.4, -0.2) is 32.8 Å². The number of rotatable bonds is 6. The third-order valence-corrected chi connectivity index (χ3v) is 4.01. The van der Waals surface area contributed by atoms with Gasteiger partial charge in [-0.05, 0) is 43.0 Å². The van der Waals surface area contributed by atoms with Crippen LogP contribution in [-0.2, 0) is 11.3 Å². The van der Waals surface area contributed by atoms with Crippen molar-refractivity contribution < 1.29 is 9.13 Å². The van der Waals surface area contributed by atoms with Crippen LogP contribution in [0.1, 0.15) is 32.3 Å². The van der Waals surface area contributed by atoms with E-state index in [1.807, 2.05) is 19.2 Å². The lowest BCUT2D eigenvalue weighted by Gasteiger charge is -2.33. The van der Waals surface area contributed by atoms with E-state index in [1.165, 1.54) is 0 Å². The predicted octanol–water partition coefficient (Wildman–Crippen LogP) is 3.19. The Morgan fingerprint density at radius 1 is 1.33 bits per heavy atom. The van der Waals surface area contributed by atoms with E-state index in [2.05, 4.69) is 24.1 Å². The van der Waals surface area contributed by atoms with Gasteiger partial charge in [0.2, 0.25) is 0 Å².